The van der Waals surface area contributed by atoms with Gasteiger partial charge in [0.05, 0.1) is 68.3 Å². The van der Waals surface area contributed by atoms with Gasteiger partial charge >= 0.3 is 17.6 Å². The maximum atomic E-state index is 7.00. The van der Waals surface area contributed by atoms with Gasteiger partial charge in [-0.2, -0.15) is 0 Å². The van der Waals surface area contributed by atoms with Crippen molar-refractivity contribution >= 4 is 41.9 Å². The second kappa shape index (κ2) is 60.4. The average Bonchev–Trinajstić information content (AvgIpc) is 0.851. The van der Waals surface area contributed by atoms with Crippen LogP contribution in [0.1, 0.15) is 73.9 Å². The molecule has 14 heterocycles. The number of hydrogen-bond donors (Lipinski definition) is 3. The van der Waals surface area contributed by atoms with Gasteiger partial charge < -0.3 is 41.9 Å². The van der Waals surface area contributed by atoms with Crippen molar-refractivity contribution in [2.75, 3.05) is 49.8 Å². The van der Waals surface area contributed by atoms with Gasteiger partial charge in [-0.3, -0.25) is 59.8 Å². The van der Waals surface area contributed by atoms with Gasteiger partial charge in [-0.1, -0.05) is 72.8 Å². The maximum absolute atomic E-state index is 7.00. The standard InChI is InChI=1S/2C26H34N3O3Si.4C10H8N2.3CH4O.2Os/c2*1-21(2)32-33(30-4,31-5)18-6-15-29-16-11-23(12-17-29)7-8-24-10-14-28-26(20-24)25-19-22(3)9-13-27-25;4*1-3-7-11-9(5-1)10-6-2-4-8-12-10;3*1-2;;/h2*7-14,16-17,19-21H,6,15,18H2,1-5H3;4*1-8H;3*2H,1H3;;/q2*+1;;;;;;;;;/b2*8-7+;;;;;;;;;. The molecule has 122 heavy (non-hydrogen) atoms. The number of aryl methyl sites for hydroxylation is 4. The summed E-state index contributed by atoms with van der Waals surface area (Å²) in [5, 5.41) is 21.0. The van der Waals surface area contributed by atoms with E-state index in [4.69, 9.17) is 41.9 Å². The molecule has 0 aliphatic carbocycles. The van der Waals surface area contributed by atoms with Crippen molar-refractivity contribution < 1.29 is 90.6 Å². The zero-order chi connectivity index (χ0) is 86.3. The predicted octanol–water partition coefficient (Wildman–Crippen LogP) is 17.3. The molecule has 0 saturated carbocycles. The van der Waals surface area contributed by atoms with Gasteiger partial charge in [-0.25, -0.2) is 9.13 Å². The molecule has 0 bridgehead atoms. The smallest absolute Gasteiger partial charge is 0.400 e. The molecule has 0 aliphatic rings. The van der Waals surface area contributed by atoms with Crippen molar-refractivity contribution in [2.45, 2.75) is 91.8 Å². The molecule has 14 aromatic rings. The van der Waals surface area contributed by atoms with E-state index in [1.165, 1.54) is 11.1 Å². The van der Waals surface area contributed by atoms with Crippen molar-refractivity contribution in [1.82, 2.24) is 59.8 Å². The van der Waals surface area contributed by atoms with Crippen LogP contribution in [0.3, 0.4) is 0 Å². The molecule has 0 atom stereocenters. The minimum absolute atomic E-state index is 0. The molecule has 0 fully saturated rings. The molecule has 14 aromatic heterocycles. The van der Waals surface area contributed by atoms with E-state index < -0.39 is 17.6 Å². The van der Waals surface area contributed by atoms with Gasteiger partial charge in [-0.05, 0) is 221 Å². The molecule has 638 valence electrons. The fraction of sp³-hybridized carbons (Fsp3) is 0.221. The minimum Gasteiger partial charge on any atom is -0.400 e. The molecule has 0 amide bonds. The summed E-state index contributed by atoms with van der Waals surface area (Å²) in [6.45, 7) is 13.9. The zero-order valence-electron chi connectivity index (χ0n) is 71.5. The maximum Gasteiger partial charge on any atom is 0.500 e. The number of aliphatic hydroxyl groups excluding tert-OH is 3. The summed E-state index contributed by atoms with van der Waals surface area (Å²) in [5.41, 5.74) is 17.6. The zero-order valence-corrected chi connectivity index (χ0v) is 78.6. The summed E-state index contributed by atoms with van der Waals surface area (Å²) in [4.78, 5) is 51.3. The fourth-order valence-electron chi connectivity index (χ4n) is 11.3. The third-order valence-corrected chi connectivity index (χ3v) is 23.0. The number of hydrogen-bond acceptors (Lipinski definition) is 21. The predicted molar refractivity (Wildman–Crippen MR) is 481 cm³/mol. The summed E-state index contributed by atoms with van der Waals surface area (Å²) >= 11 is 0. The van der Waals surface area contributed by atoms with Gasteiger partial charge in [0, 0.05) is 225 Å². The second-order valence-electron chi connectivity index (χ2n) is 26.2. The summed E-state index contributed by atoms with van der Waals surface area (Å²) in [7, 11) is 4.53. The Morgan fingerprint density at radius 1 is 0.279 bits per heavy atom. The molecule has 0 saturated heterocycles. The minimum atomic E-state index is -2.59. The van der Waals surface area contributed by atoms with Gasteiger partial charge in [0.25, 0.3) is 0 Å². The van der Waals surface area contributed by atoms with Crippen molar-refractivity contribution in [3.63, 3.8) is 0 Å². The summed E-state index contributed by atoms with van der Waals surface area (Å²) in [6.07, 6.45) is 40.2. The first-order valence-corrected chi connectivity index (χ1v) is 42.9. The molecular formula is C95H112N14O9Os2Si2+2. The van der Waals surface area contributed by atoms with Crippen molar-refractivity contribution in [3.05, 3.63) is 351 Å². The van der Waals surface area contributed by atoms with E-state index in [9.17, 15) is 0 Å². The molecule has 27 heteroatoms. The Balaban J connectivity index is 0.000000321. The van der Waals surface area contributed by atoms with E-state index in [1.54, 1.807) is 78.0 Å². The van der Waals surface area contributed by atoms with Crippen LogP contribution in [-0.4, -0.2) is 155 Å². The Morgan fingerprint density at radius 3 is 0.697 bits per heavy atom. The summed E-state index contributed by atoms with van der Waals surface area (Å²) in [5.74, 6) is 0. The Morgan fingerprint density at radius 2 is 0.492 bits per heavy atom. The molecule has 14 rings (SSSR count). The van der Waals surface area contributed by atoms with Crippen LogP contribution in [0.25, 0.3) is 92.6 Å². The van der Waals surface area contributed by atoms with Crippen LogP contribution >= 0.6 is 0 Å². The number of nitrogens with zero attached hydrogens (tertiary/aromatic N) is 14. The molecular weight excluding hydrogens is 1920 g/mol. The van der Waals surface area contributed by atoms with Crippen LogP contribution in [0, 0.1) is 13.8 Å². The first-order chi connectivity index (χ1) is 58.7. The van der Waals surface area contributed by atoms with Gasteiger partial charge in [-0.15, -0.1) is 0 Å². The van der Waals surface area contributed by atoms with Crippen molar-refractivity contribution in [3.8, 4) is 68.3 Å². The molecule has 0 radical (unpaired) electrons. The van der Waals surface area contributed by atoms with Gasteiger partial charge in [0.15, 0.2) is 24.8 Å². The third kappa shape index (κ3) is 37.9. The fourth-order valence-corrected chi connectivity index (χ4v) is 15.6. The van der Waals surface area contributed by atoms with E-state index >= 15 is 0 Å². The van der Waals surface area contributed by atoms with Crippen LogP contribution < -0.4 is 9.13 Å². The van der Waals surface area contributed by atoms with Gasteiger partial charge in [0.2, 0.25) is 0 Å². The number of pyridine rings is 14. The van der Waals surface area contributed by atoms with E-state index in [-0.39, 0.29) is 51.8 Å². The molecule has 3 N–H and O–H groups in total. The Labute approximate surface area is 747 Å². The molecule has 0 aromatic carbocycles. The van der Waals surface area contributed by atoms with Crippen LogP contribution in [0.5, 0.6) is 0 Å². The molecule has 0 spiro atoms. The van der Waals surface area contributed by atoms with Crippen molar-refractivity contribution in [1.29, 1.82) is 0 Å². The van der Waals surface area contributed by atoms with E-state index in [2.05, 4.69) is 168 Å². The quantitative estimate of drug-likeness (QED) is 0.0335. The van der Waals surface area contributed by atoms with Crippen LogP contribution in [0.4, 0.5) is 0 Å². The topological polar surface area (TPSA) is 279 Å². The third-order valence-electron chi connectivity index (χ3n) is 16.9. The first-order valence-electron chi connectivity index (χ1n) is 39.1. The summed E-state index contributed by atoms with van der Waals surface area (Å²) < 4.78 is 38.9. The largest absolute Gasteiger partial charge is 0.500 e. The Kier molecular flexibility index (Phi) is 51.1. The number of rotatable bonds is 26. The van der Waals surface area contributed by atoms with E-state index in [1.807, 2.05) is 234 Å². The Bertz CT molecular complexity index is 4470. The number of aliphatic hydroxyl groups is 3. The average molecular weight is 2030 g/mol. The summed E-state index contributed by atoms with van der Waals surface area (Å²) in [6, 6.07) is 72.6. The van der Waals surface area contributed by atoms with E-state index in [0.29, 0.717) is 0 Å². The molecule has 0 unspecified atom stereocenters. The molecule has 0 aliphatic heterocycles. The Hall–Kier alpha value is -11.1. The first kappa shape index (κ1) is 103. The van der Waals surface area contributed by atoms with Crippen LogP contribution in [-0.2, 0) is 79.2 Å². The van der Waals surface area contributed by atoms with Crippen LogP contribution in [0.15, 0.2) is 318 Å². The second-order valence-corrected chi connectivity index (χ2v) is 32.1. The number of aromatic nitrogens is 14. The monoisotopic (exact) mass is 2030 g/mol. The van der Waals surface area contributed by atoms with Gasteiger partial charge in [0.1, 0.15) is 13.1 Å². The normalized spacial score (nSPS) is 10.5. The molecule has 23 nitrogen and oxygen atoms in total. The van der Waals surface area contributed by atoms with Crippen LogP contribution in [0.2, 0.25) is 12.1 Å². The SMILES string of the molecule is CO.CO.CO.CO[Si](CCC[n+]1ccc(/C=C/c2ccnc(-c3cc(C)ccn3)c2)cc1)(OC)OC(C)C.CO[Si](CCC[n+]1ccc(/C=C/c2ccnc(-c3cc(C)ccn3)c2)cc1)(OC)OC(C)C.[Os].[Os].c1ccc(-c2ccccn2)nc1.c1ccc(-c2ccccn2)nc1.c1ccc(-c2ccccn2)nc1.c1ccc(-c2ccccn2)nc1. The van der Waals surface area contributed by atoms with Crippen molar-refractivity contribution in [2.24, 2.45) is 0 Å². The van der Waals surface area contributed by atoms with E-state index in [0.717, 1.165) is 150 Å².